The van der Waals surface area contributed by atoms with E-state index in [4.69, 9.17) is 8.83 Å². The molecule has 0 bridgehead atoms. The minimum absolute atomic E-state index is 0.186. The van der Waals surface area contributed by atoms with Crippen LogP contribution in [0, 0.1) is 6.92 Å². The molecule has 4 rings (SSSR count). The largest absolute Gasteiger partial charge is 0.467 e. The number of amides is 4. The van der Waals surface area contributed by atoms with Crippen molar-refractivity contribution in [3.63, 3.8) is 0 Å². The summed E-state index contributed by atoms with van der Waals surface area (Å²) in [6.07, 6.45) is 3.05. The van der Waals surface area contributed by atoms with Gasteiger partial charge < -0.3 is 19.1 Å². The number of furan rings is 2. The molecule has 1 aromatic carbocycles. The van der Waals surface area contributed by atoms with Crippen molar-refractivity contribution in [3.05, 3.63) is 83.7 Å². The zero-order valence-electron chi connectivity index (χ0n) is 17.3. The highest BCUT2D eigenvalue weighted by Crippen LogP contribution is 2.29. The number of carbonyl (C=O) groups excluding carboxylic acids is 3. The van der Waals surface area contributed by atoms with Crippen LogP contribution in [0.2, 0.25) is 0 Å². The number of benzene rings is 1. The maximum Gasteiger partial charge on any atom is 0.325 e. The van der Waals surface area contributed by atoms with Crippen molar-refractivity contribution in [1.29, 1.82) is 0 Å². The van der Waals surface area contributed by atoms with Gasteiger partial charge in [0.15, 0.2) is 0 Å². The molecule has 160 valence electrons. The average Bonchev–Trinajstić information content (AvgIpc) is 3.48. The van der Waals surface area contributed by atoms with E-state index in [0.29, 0.717) is 17.1 Å². The third-order valence-corrected chi connectivity index (χ3v) is 5.40. The lowest BCUT2D eigenvalue weighted by atomic mass is 9.91. The van der Waals surface area contributed by atoms with E-state index in [9.17, 15) is 14.4 Å². The van der Waals surface area contributed by atoms with Crippen molar-refractivity contribution in [2.45, 2.75) is 32.5 Å². The fraction of sp³-hybridized carbons (Fsp3) is 0.261. The van der Waals surface area contributed by atoms with Crippen molar-refractivity contribution >= 4 is 17.8 Å². The van der Waals surface area contributed by atoms with Crippen molar-refractivity contribution < 1.29 is 23.2 Å². The maximum absolute atomic E-state index is 13.1. The summed E-state index contributed by atoms with van der Waals surface area (Å²) in [5, 5.41) is 2.73. The van der Waals surface area contributed by atoms with Crippen LogP contribution in [0.15, 0.2) is 69.9 Å². The topological polar surface area (TPSA) is 96.0 Å². The zero-order chi connectivity index (χ0) is 22.0. The third kappa shape index (κ3) is 4.09. The van der Waals surface area contributed by atoms with Crippen LogP contribution in [0.3, 0.4) is 0 Å². The monoisotopic (exact) mass is 421 g/mol. The fourth-order valence-electron chi connectivity index (χ4n) is 3.57. The zero-order valence-corrected chi connectivity index (χ0v) is 17.3. The highest BCUT2D eigenvalue weighted by atomic mass is 16.3. The van der Waals surface area contributed by atoms with E-state index in [0.717, 1.165) is 10.5 Å². The number of nitrogens with zero attached hydrogens (tertiary/aromatic N) is 2. The summed E-state index contributed by atoms with van der Waals surface area (Å²) < 4.78 is 10.7. The molecule has 1 unspecified atom stereocenters. The molecule has 3 heterocycles. The molecule has 1 aliphatic heterocycles. The van der Waals surface area contributed by atoms with Gasteiger partial charge in [-0.05, 0) is 43.7 Å². The Morgan fingerprint density at radius 1 is 1.00 bits per heavy atom. The van der Waals surface area contributed by atoms with Gasteiger partial charge in [-0.1, -0.05) is 29.8 Å². The Kier molecular flexibility index (Phi) is 5.37. The summed E-state index contributed by atoms with van der Waals surface area (Å²) in [4.78, 5) is 41.3. The SMILES string of the molecule is Cc1ccc(C2(C)NC(=O)N(CC(=O)N(Cc3ccco3)Cc3ccco3)C2=O)cc1. The first-order valence-corrected chi connectivity index (χ1v) is 9.90. The molecule has 0 radical (unpaired) electrons. The first kappa shape index (κ1) is 20.5. The Labute approximate surface area is 179 Å². The van der Waals surface area contributed by atoms with Crippen molar-refractivity contribution in [1.82, 2.24) is 15.1 Å². The molecule has 1 saturated heterocycles. The van der Waals surface area contributed by atoms with Crippen molar-refractivity contribution in [2.24, 2.45) is 0 Å². The smallest absolute Gasteiger partial charge is 0.325 e. The van der Waals surface area contributed by atoms with E-state index in [1.54, 1.807) is 43.3 Å². The highest BCUT2D eigenvalue weighted by molar-refractivity contribution is 6.09. The van der Waals surface area contributed by atoms with Gasteiger partial charge in [-0.2, -0.15) is 0 Å². The summed E-state index contributed by atoms with van der Waals surface area (Å²) in [6.45, 7) is 3.58. The standard InChI is InChI=1S/C23H23N3O5/c1-16-7-9-17(10-8-16)23(2)21(28)26(22(29)24-23)15-20(27)25(13-18-5-3-11-30-18)14-19-6-4-12-31-19/h3-12H,13-15H2,1-2H3,(H,24,29). The predicted octanol–water partition coefficient (Wildman–Crippen LogP) is 3.18. The normalized spacial score (nSPS) is 18.3. The summed E-state index contributed by atoms with van der Waals surface area (Å²) in [5.41, 5.74) is 0.481. The number of carbonyl (C=O) groups is 3. The van der Waals surface area contributed by atoms with Crippen LogP contribution in [0.4, 0.5) is 4.79 Å². The molecule has 1 fully saturated rings. The van der Waals surface area contributed by atoms with Crippen LogP contribution in [0.1, 0.15) is 29.6 Å². The molecule has 4 amide bonds. The molecular weight excluding hydrogens is 398 g/mol. The average molecular weight is 421 g/mol. The number of hydrogen-bond acceptors (Lipinski definition) is 5. The van der Waals surface area contributed by atoms with E-state index in [1.165, 1.54) is 17.4 Å². The second-order valence-electron chi connectivity index (χ2n) is 7.72. The Balaban J connectivity index is 1.52. The summed E-state index contributed by atoms with van der Waals surface area (Å²) in [5.74, 6) is 0.304. The Bertz CT molecular complexity index is 1040. The summed E-state index contributed by atoms with van der Waals surface area (Å²) >= 11 is 0. The molecule has 0 aliphatic carbocycles. The first-order chi connectivity index (χ1) is 14.9. The van der Waals surface area contributed by atoms with Gasteiger partial charge in [-0.15, -0.1) is 0 Å². The minimum atomic E-state index is -1.22. The third-order valence-electron chi connectivity index (χ3n) is 5.40. The molecule has 3 aromatic rings. The minimum Gasteiger partial charge on any atom is -0.467 e. The van der Waals surface area contributed by atoms with Gasteiger partial charge in [0.05, 0.1) is 25.6 Å². The van der Waals surface area contributed by atoms with Crippen molar-refractivity contribution in [3.8, 4) is 0 Å². The van der Waals surface area contributed by atoms with E-state index in [-0.39, 0.29) is 19.6 Å². The number of imide groups is 1. The van der Waals surface area contributed by atoms with E-state index >= 15 is 0 Å². The summed E-state index contributed by atoms with van der Waals surface area (Å²) in [6, 6.07) is 13.7. The molecule has 1 atom stereocenters. The van der Waals surface area contributed by atoms with Crippen LogP contribution >= 0.6 is 0 Å². The number of rotatable bonds is 7. The second-order valence-corrected chi connectivity index (χ2v) is 7.72. The number of aryl methyl sites for hydroxylation is 1. The lowest BCUT2D eigenvalue weighted by Gasteiger charge is -2.24. The lowest BCUT2D eigenvalue weighted by molar-refractivity contribution is -0.139. The van der Waals surface area contributed by atoms with Gasteiger partial charge in [0.1, 0.15) is 23.6 Å². The van der Waals surface area contributed by atoms with Crippen LogP contribution in [0.25, 0.3) is 0 Å². The predicted molar refractivity (Wildman–Crippen MR) is 110 cm³/mol. The second kappa shape index (κ2) is 8.14. The molecule has 0 spiro atoms. The van der Waals surface area contributed by atoms with Gasteiger partial charge in [0, 0.05) is 0 Å². The highest BCUT2D eigenvalue weighted by Gasteiger charge is 2.49. The van der Waals surface area contributed by atoms with E-state index in [2.05, 4.69) is 5.32 Å². The van der Waals surface area contributed by atoms with Gasteiger partial charge in [0.2, 0.25) is 5.91 Å². The Morgan fingerprint density at radius 3 is 2.10 bits per heavy atom. The van der Waals surface area contributed by atoms with Gasteiger partial charge in [0.25, 0.3) is 5.91 Å². The van der Waals surface area contributed by atoms with Crippen LogP contribution in [0.5, 0.6) is 0 Å². The molecule has 8 nitrogen and oxygen atoms in total. The quantitative estimate of drug-likeness (QED) is 0.591. The number of urea groups is 1. The van der Waals surface area contributed by atoms with Gasteiger partial charge in [-0.3, -0.25) is 14.5 Å². The Hall–Kier alpha value is -3.81. The molecule has 1 aliphatic rings. The van der Waals surface area contributed by atoms with Gasteiger partial charge in [-0.25, -0.2) is 4.79 Å². The van der Waals surface area contributed by atoms with Crippen LogP contribution in [-0.4, -0.2) is 34.2 Å². The fourth-order valence-corrected chi connectivity index (χ4v) is 3.57. The van der Waals surface area contributed by atoms with Gasteiger partial charge >= 0.3 is 6.03 Å². The number of hydrogen-bond donors (Lipinski definition) is 1. The molecule has 1 N–H and O–H groups in total. The first-order valence-electron chi connectivity index (χ1n) is 9.90. The van der Waals surface area contributed by atoms with E-state index in [1.807, 2.05) is 19.1 Å². The molecule has 8 heteroatoms. The van der Waals surface area contributed by atoms with Crippen molar-refractivity contribution in [2.75, 3.05) is 6.54 Å². The van der Waals surface area contributed by atoms with Crippen LogP contribution in [-0.2, 0) is 28.2 Å². The number of nitrogens with one attached hydrogen (secondary N) is 1. The Morgan fingerprint density at radius 2 is 1.58 bits per heavy atom. The molecule has 2 aromatic heterocycles. The molecule has 31 heavy (non-hydrogen) atoms. The van der Waals surface area contributed by atoms with E-state index < -0.39 is 23.4 Å². The lowest BCUT2D eigenvalue weighted by Crippen LogP contribution is -2.44. The molecular formula is C23H23N3O5. The van der Waals surface area contributed by atoms with Crippen LogP contribution < -0.4 is 5.32 Å². The maximum atomic E-state index is 13.1. The molecule has 0 saturated carbocycles. The summed E-state index contributed by atoms with van der Waals surface area (Å²) in [7, 11) is 0.